The topological polar surface area (TPSA) is 96.1 Å². The SMILES string of the molecule is CN1CCC(COc2ccc(N=CC(=NN)c3cc4ccccc4[nH]c3=O)cc2)CC1. The highest BCUT2D eigenvalue weighted by Crippen LogP contribution is 2.21. The molecule has 3 aromatic rings. The van der Waals surface area contributed by atoms with E-state index in [1.165, 1.54) is 19.1 Å². The molecular formula is C24H27N5O2. The highest BCUT2D eigenvalue weighted by molar-refractivity contribution is 6.38. The Labute approximate surface area is 181 Å². The van der Waals surface area contributed by atoms with Gasteiger partial charge in [-0.3, -0.25) is 9.79 Å². The van der Waals surface area contributed by atoms with Gasteiger partial charge in [-0.1, -0.05) is 18.2 Å². The Hall–Kier alpha value is -3.45. The number of nitrogens with one attached hydrogen (secondary N) is 1. The first-order chi connectivity index (χ1) is 15.1. The van der Waals surface area contributed by atoms with Crippen molar-refractivity contribution in [1.29, 1.82) is 0 Å². The number of H-pyrrole nitrogens is 1. The molecule has 7 nitrogen and oxygen atoms in total. The maximum Gasteiger partial charge on any atom is 0.258 e. The molecule has 0 radical (unpaired) electrons. The highest BCUT2D eigenvalue weighted by Gasteiger charge is 2.17. The molecular weight excluding hydrogens is 390 g/mol. The van der Waals surface area contributed by atoms with Gasteiger partial charge in [-0.05, 0) is 80.7 Å². The summed E-state index contributed by atoms with van der Waals surface area (Å²) in [4.78, 5) is 22.1. The van der Waals surface area contributed by atoms with Crippen molar-refractivity contribution in [3.05, 3.63) is 70.5 Å². The molecule has 2 aromatic carbocycles. The normalized spacial score (nSPS) is 16.2. The van der Waals surface area contributed by atoms with E-state index in [4.69, 9.17) is 10.6 Å². The molecule has 1 saturated heterocycles. The average molecular weight is 418 g/mol. The summed E-state index contributed by atoms with van der Waals surface area (Å²) >= 11 is 0. The van der Waals surface area contributed by atoms with Crippen LogP contribution in [0.4, 0.5) is 5.69 Å². The Balaban J connectivity index is 1.41. The van der Waals surface area contributed by atoms with Gasteiger partial charge >= 0.3 is 0 Å². The number of aromatic amines is 1. The van der Waals surface area contributed by atoms with Crippen molar-refractivity contribution in [2.24, 2.45) is 21.9 Å². The third kappa shape index (κ3) is 5.19. The fraction of sp³-hybridized carbons (Fsp3) is 0.292. The third-order valence-electron chi connectivity index (χ3n) is 5.66. The maximum absolute atomic E-state index is 12.4. The third-order valence-corrected chi connectivity index (χ3v) is 5.66. The predicted molar refractivity (Wildman–Crippen MR) is 126 cm³/mol. The van der Waals surface area contributed by atoms with Crippen LogP contribution in [-0.2, 0) is 0 Å². The molecule has 0 saturated carbocycles. The van der Waals surface area contributed by atoms with E-state index in [2.05, 4.69) is 27.0 Å². The largest absolute Gasteiger partial charge is 0.493 e. The average Bonchev–Trinajstić information content (AvgIpc) is 2.80. The van der Waals surface area contributed by atoms with Gasteiger partial charge in [-0.2, -0.15) is 5.10 Å². The molecule has 0 amide bonds. The van der Waals surface area contributed by atoms with E-state index in [9.17, 15) is 4.79 Å². The lowest BCUT2D eigenvalue weighted by atomic mass is 9.98. The van der Waals surface area contributed by atoms with Crippen molar-refractivity contribution in [1.82, 2.24) is 9.88 Å². The molecule has 0 atom stereocenters. The van der Waals surface area contributed by atoms with Gasteiger partial charge in [-0.25, -0.2) is 0 Å². The fourth-order valence-corrected chi connectivity index (χ4v) is 3.72. The van der Waals surface area contributed by atoms with E-state index in [-0.39, 0.29) is 5.56 Å². The number of fused-ring (bicyclic) bond motifs is 1. The Morgan fingerprint density at radius 2 is 1.94 bits per heavy atom. The van der Waals surface area contributed by atoms with Gasteiger partial charge in [0.05, 0.1) is 24.1 Å². The summed E-state index contributed by atoms with van der Waals surface area (Å²) in [6, 6.07) is 16.9. The zero-order chi connectivity index (χ0) is 21.6. The van der Waals surface area contributed by atoms with E-state index in [0.29, 0.717) is 17.2 Å². The minimum atomic E-state index is -0.257. The monoisotopic (exact) mass is 417 g/mol. The molecule has 0 unspecified atom stereocenters. The number of likely N-dealkylation sites (tertiary alicyclic amines) is 1. The summed E-state index contributed by atoms with van der Waals surface area (Å²) in [5.74, 6) is 6.98. The summed E-state index contributed by atoms with van der Waals surface area (Å²) in [6.45, 7) is 3.00. The Kier molecular flexibility index (Phi) is 6.43. The van der Waals surface area contributed by atoms with Gasteiger partial charge in [0.2, 0.25) is 0 Å². The molecule has 31 heavy (non-hydrogen) atoms. The number of hydrogen-bond acceptors (Lipinski definition) is 6. The second-order valence-electron chi connectivity index (χ2n) is 7.92. The lowest BCUT2D eigenvalue weighted by Crippen LogP contribution is -2.32. The Morgan fingerprint density at radius 3 is 2.68 bits per heavy atom. The van der Waals surface area contributed by atoms with E-state index in [1.807, 2.05) is 48.5 Å². The van der Waals surface area contributed by atoms with E-state index in [1.54, 1.807) is 6.07 Å². The molecule has 1 fully saturated rings. The van der Waals surface area contributed by atoms with Crippen molar-refractivity contribution >= 4 is 28.5 Å². The van der Waals surface area contributed by atoms with E-state index in [0.717, 1.165) is 42.0 Å². The second kappa shape index (κ2) is 9.57. The summed E-state index contributed by atoms with van der Waals surface area (Å²) in [5, 5.41) is 4.66. The van der Waals surface area contributed by atoms with Crippen molar-refractivity contribution in [2.45, 2.75) is 12.8 Å². The highest BCUT2D eigenvalue weighted by atomic mass is 16.5. The number of aromatic nitrogens is 1. The number of aliphatic imine (C=N–C) groups is 1. The summed E-state index contributed by atoms with van der Waals surface area (Å²) in [7, 11) is 2.16. The fourth-order valence-electron chi connectivity index (χ4n) is 3.72. The molecule has 1 aliphatic rings. The Bertz CT molecular complexity index is 1140. The second-order valence-corrected chi connectivity index (χ2v) is 7.92. The molecule has 1 aromatic heterocycles. The molecule has 0 spiro atoms. The van der Waals surface area contributed by atoms with Crippen LogP contribution in [0.5, 0.6) is 5.75 Å². The number of pyridine rings is 1. The van der Waals surface area contributed by atoms with Crippen LogP contribution in [0.1, 0.15) is 18.4 Å². The minimum Gasteiger partial charge on any atom is -0.493 e. The zero-order valence-corrected chi connectivity index (χ0v) is 17.6. The van der Waals surface area contributed by atoms with Crippen LogP contribution in [0.2, 0.25) is 0 Å². The smallest absolute Gasteiger partial charge is 0.258 e. The summed E-state index contributed by atoms with van der Waals surface area (Å²) < 4.78 is 5.95. The van der Waals surface area contributed by atoms with Gasteiger partial charge < -0.3 is 20.5 Å². The van der Waals surface area contributed by atoms with E-state index < -0.39 is 0 Å². The van der Waals surface area contributed by atoms with Crippen LogP contribution in [-0.4, -0.2) is 48.6 Å². The van der Waals surface area contributed by atoms with Gasteiger partial charge in [0, 0.05) is 5.52 Å². The van der Waals surface area contributed by atoms with Crippen LogP contribution < -0.4 is 16.1 Å². The molecule has 3 N–H and O–H groups in total. The molecule has 7 heteroatoms. The number of nitrogens with zero attached hydrogens (tertiary/aromatic N) is 3. The maximum atomic E-state index is 12.4. The van der Waals surface area contributed by atoms with Gasteiger partial charge in [0.15, 0.2) is 0 Å². The predicted octanol–water partition coefficient (Wildman–Crippen LogP) is 3.31. The van der Waals surface area contributed by atoms with Crippen molar-refractivity contribution < 1.29 is 4.74 Å². The molecule has 160 valence electrons. The number of benzene rings is 2. The summed E-state index contributed by atoms with van der Waals surface area (Å²) in [5.41, 5.74) is 1.93. The van der Waals surface area contributed by atoms with E-state index >= 15 is 0 Å². The van der Waals surface area contributed by atoms with Gasteiger partial charge in [-0.15, -0.1) is 0 Å². The lowest BCUT2D eigenvalue weighted by Gasteiger charge is -2.28. The van der Waals surface area contributed by atoms with Gasteiger partial charge in [0.1, 0.15) is 11.5 Å². The van der Waals surface area contributed by atoms with Crippen molar-refractivity contribution in [2.75, 3.05) is 26.7 Å². The minimum absolute atomic E-state index is 0.257. The number of ether oxygens (including phenoxy) is 1. The number of para-hydroxylation sites is 1. The molecule has 0 bridgehead atoms. The van der Waals surface area contributed by atoms with Crippen molar-refractivity contribution in [3.8, 4) is 5.75 Å². The molecule has 2 heterocycles. The van der Waals surface area contributed by atoms with Crippen LogP contribution >= 0.6 is 0 Å². The standard InChI is InChI=1S/C24H27N5O2/c1-29-12-10-17(11-13-29)16-31-20-8-6-19(7-9-20)26-15-23(28-25)21-14-18-4-2-3-5-22(18)27-24(21)30/h2-9,14-15,17H,10-13,16,25H2,1H3,(H,27,30). The zero-order valence-electron chi connectivity index (χ0n) is 17.6. The Morgan fingerprint density at radius 1 is 1.19 bits per heavy atom. The molecule has 1 aliphatic heterocycles. The lowest BCUT2D eigenvalue weighted by molar-refractivity contribution is 0.160. The van der Waals surface area contributed by atoms with Crippen LogP contribution in [0.25, 0.3) is 10.9 Å². The van der Waals surface area contributed by atoms with Crippen molar-refractivity contribution in [3.63, 3.8) is 0 Å². The van der Waals surface area contributed by atoms with Crippen LogP contribution in [0, 0.1) is 5.92 Å². The first kappa shape index (κ1) is 20.8. The molecule has 0 aliphatic carbocycles. The van der Waals surface area contributed by atoms with Gasteiger partial charge in [0.25, 0.3) is 5.56 Å². The molecule has 4 rings (SSSR count). The number of hydrazone groups is 1. The summed E-state index contributed by atoms with van der Waals surface area (Å²) in [6.07, 6.45) is 3.86. The van der Waals surface area contributed by atoms with Crippen LogP contribution in [0.3, 0.4) is 0 Å². The first-order valence-electron chi connectivity index (χ1n) is 10.5. The quantitative estimate of drug-likeness (QED) is 0.365. The first-order valence-corrected chi connectivity index (χ1v) is 10.5. The number of piperidine rings is 1. The number of nitrogens with two attached hydrogens (primary N) is 1. The van der Waals surface area contributed by atoms with Crippen LogP contribution in [0.15, 0.2) is 69.5 Å². The number of hydrogen-bond donors (Lipinski definition) is 2. The number of rotatable bonds is 6.